The number of hydrogen-bond donors (Lipinski definition) is 0. The predicted octanol–water partition coefficient (Wildman–Crippen LogP) is 3.28. The minimum Gasteiger partial charge on any atom is -0.494 e. The number of aromatic nitrogens is 1. The zero-order valence-corrected chi connectivity index (χ0v) is 14.3. The van der Waals surface area contributed by atoms with Gasteiger partial charge in [-0.1, -0.05) is 0 Å². The first-order valence-corrected chi connectivity index (χ1v) is 8.16. The molecule has 1 aromatic heterocycles. The van der Waals surface area contributed by atoms with Crippen LogP contribution in [0.2, 0.25) is 0 Å². The number of pyridine rings is 1. The number of carbonyl (C=O) groups excluding carboxylic acids is 1. The van der Waals surface area contributed by atoms with Crippen LogP contribution in [0.5, 0.6) is 5.75 Å². The van der Waals surface area contributed by atoms with E-state index in [9.17, 15) is 18.4 Å². The van der Waals surface area contributed by atoms with Crippen molar-refractivity contribution < 1.29 is 18.3 Å². The molecule has 2 aromatic carbocycles. The molecule has 0 radical (unpaired) electrons. The second-order valence-corrected chi connectivity index (χ2v) is 6.05. The Kier molecular flexibility index (Phi) is 3.99. The minimum absolute atomic E-state index is 0.121. The van der Waals surface area contributed by atoms with Gasteiger partial charge in [-0.2, -0.15) is 0 Å². The number of carbonyl (C=O) groups is 1. The number of rotatable bonds is 3. The molecule has 0 spiro atoms. The minimum atomic E-state index is -0.500. The molecule has 0 unspecified atom stereocenters. The second kappa shape index (κ2) is 6.35. The van der Waals surface area contributed by atoms with Crippen molar-refractivity contribution in [3.05, 3.63) is 87.8 Å². The van der Waals surface area contributed by atoms with Crippen molar-refractivity contribution in [2.75, 3.05) is 12.0 Å². The number of ether oxygens (including phenoxy) is 1. The van der Waals surface area contributed by atoms with Gasteiger partial charge >= 0.3 is 0 Å². The van der Waals surface area contributed by atoms with E-state index in [-0.39, 0.29) is 23.8 Å². The monoisotopic (exact) mass is 368 g/mol. The molecule has 1 aliphatic heterocycles. The topological polar surface area (TPSA) is 51.5 Å². The van der Waals surface area contributed by atoms with Crippen molar-refractivity contribution >= 4 is 11.6 Å². The van der Waals surface area contributed by atoms with Crippen LogP contribution in [0, 0.1) is 11.6 Å². The Hall–Kier alpha value is -3.48. The molecule has 0 saturated heterocycles. The summed E-state index contributed by atoms with van der Waals surface area (Å²) in [6.45, 7) is 0.121. The van der Waals surface area contributed by atoms with E-state index in [1.54, 1.807) is 0 Å². The van der Waals surface area contributed by atoms with Gasteiger partial charge in [0, 0.05) is 17.8 Å². The third-order valence-corrected chi connectivity index (χ3v) is 4.50. The first-order valence-electron chi connectivity index (χ1n) is 8.16. The predicted molar refractivity (Wildman–Crippen MR) is 95.5 cm³/mol. The van der Waals surface area contributed by atoms with Gasteiger partial charge in [-0.3, -0.25) is 14.2 Å². The molecule has 0 fully saturated rings. The molecular weight excluding hydrogens is 354 g/mol. The lowest BCUT2D eigenvalue weighted by Gasteiger charge is -2.17. The molecule has 7 heteroatoms. The van der Waals surface area contributed by atoms with Gasteiger partial charge in [-0.15, -0.1) is 0 Å². The van der Waals surface area contributed by atoms with E-state index >= 15 is 0 Å². The number of nitrogens with zero attached hydrogens (tertiary/aromatic N) is 2. The third-order valence-electron chi connectivity index (χ3n) is 4.50. The smallest absolute Gasteiger partial charge is 0.260 e. The molecule has 136 valence electrons. The number of methoxy groups -OCH3 is 1. The van der Waals surface area contributed by atoms with Crippen LogP contribution in [-0.4, -0.2) is 17.6 Å². The molecule has 1 aliphatic rings. The zero-order valence-electron chi connectivity index (χ0n) is 14.3. The summed E-state index contributed by atoms with van der Waals surface area (Å²) in [5.41, 5.74) is 1.30. The Labute approximate surface area is 153 Å². The van der Waals surface area contributed by atoms with Gasteiger partial charge in [0.15, 0.2) is 0 Å². The van der Waals surface area contributed by atoms with E-state index in [1.165, 1.54) is 71.2 Å². The fourth-order valence-electron chi connectivity index (χ4n) is 3.23. The Morgan fingerprint density at radius 2 is 1.63 bits per heavy atom. The summed E-state index contributed by atoms with van der Waals surface area (Å²) in [5, 5.41) is 0. The number of fused-ring (bicyclic) bond motifs is 1. The van der Waals surface area contributed by atoms with E-state index in [0.29, 0.717) is 22.6 Å². The maximum atomic E-state index is 13.5. The van der Waals surface area contributed by atoms with Crippen LogP contribution < -0.4 is 15.2 Å². The molecule has 4 rings (SSSR count). The molecule has 0 aliphatic carbocycles. The standard InChI is InChI=1S/C20H14F2N2O3/c1-27-18-10-13(22)4-8-16(18)24-17-11-23(14-5-2-12(21)3-6-14)20(26)15(17)7-9-19(24)25/h2-10H,11H2,1H3. The summed E-state index contributed by atoms with van der Waals surface area (Å²) >= 11 is 0. The normalized spacial score (nSPS) is 13.0. The fourth-order valence-corrected chi connectivity index (χ4v) is 3.23. The molecule has 5 nitrogen and oxygen atoms in total. The molecule has 2 heterocycles. The van der Waals surface area contributed by atoms with Crippen LogP contribution in [0.4, 0.5) is 14.5 Å². The van der Waals surface area contributed by atoms with E-state index in [4.69, 9.17) is 4.74 Å². The maximum Gasteiger partial charge on any atom is 0.260 e. The SMILES string of the molecule is COc1cc(F)ccc1-n1c2c(ccc1=O)C(=O)N(c1ccc(F)cc1)C2. The van der Waals surface area contributed by atoms with Crippen LogP contribution in [0.1, 0.15) is 16.1 Å². The van der Waals surface area contributed by atoms with E-state index in [1.807, 2.05) is 0 Å². The van der Waals surface area contributed by atoms with Crippen molar-refractivity contribution in [3.8, 4) is 11.4 Å². The maximum absolute atomic E-state index is 13.5. The van der Waals surface area contributed by atoms with Gasteiger partial charge in [0.05, 0.1) is 30.6 Å². The molecule has 1 amide bonds. The molecule has 0 N–H and O–H groups in total. The molecule has 0 saturated carbocycles. The fraction of sp³-hybridized carbons (Fsp3) is 0.100. The summed E-state index contributed by atoms with van der Waals surface area (Å²) in [5.74, 6) is -1.03. The molecule has 3 aromatic rings. The summed E-state index contributed by atoms with van der Waals surface area (Å²) in [7, 11) is 1.38. The Morgan fingerprint density at radius 1 is 0.926 bits per heavy atom. The summed E-state index contributed by atoms with van der Waals surface area (Å²) in [4.78, 5) is 26.8. The highest BCUT2D eigenvalue weighted by Gasteiger charge is 2.32. The number of benzene rings is 2. The van der Waals surface area contributed by atoms with Crippen LogP contribution >= 0.6 is 0 Å². The summed E-state index contributed by atoms with van der Waals surface area (Å²) in [6, 6.07) is 12.1. The molecule has 27 heavy (non-hydrogen) atoms. The van der Waals surface area contributed by atoms with E-state index in [2.05, 4.69) is 0 Å². The highest BCUT2D eigenvalue weighted by Crippen LogP contribution is 2.31. The van der Waals surface area contributed by atoms with Crippen molar-refractivity contribution in [1.29, 1.82) is 0 Å². The van der Waals surface area contributed by atoms with Gasteiger partial charge in [0.2, 0.25) is 0 Å². The van der Waals surface area contributed by atoms with E-state index in [0.717, 1.165) is 0 Å². The lowest BCUT2D eigenvalue weighted by molar-refractivity contribution is 0.0996. The average Bonchev–Trinajstić information content (AvgIpc) is 2.99. The van der Waals surface area contributed by atoms with Crippen LogP contribution in [0.3, 0.4) is 0 Å². The largest absolute Gasteiger partial charge is 0.494 e. The zero-order chi connectivity index (χ0) is 19.1. The number of halogens is 2. The summed E-state index contributed by atoms with van der Waals surface area (Å²) in [6.07, 6.45) is 0. The van der Waals surface area contributed by atoms with Gasteiger partial charge in [0.1, 0.15) is 17.4 Å². The van der Waals surface area contributed by atoms with Gasteiger partial charge in [-0.05, 0) is 42.5 Å². The first kappa shape index (κ1) is 17.0. The van der Waals surface area contributed by atoms with Crippen molar-refractivity contribution in [2.45, 2.75) is 6.54 Å². The quantitative estimate of drug-likeness (QED) is 0.713. The van der Waals surface area contributed by atoms with Crippen molar-refractivity contribution in [3.63, 3.8) is 0 Å². The van der Waals surface area contributed by atoms with E-state index < -0.39 is 11.6 Å². The van der Waals surface area contributed by atoms with Crippen LogP contribution in [0.15, 0.2) is 59.4 Å². The molecule has 0 bridgehead atoms. The third kappa shape index (κ3) is 2.77. The first-order chi connectivity index (χ1) is 13.0. The molecule has 0 atom stereocenters. The second-order valence-electron chi connectivity index (χ2n) is 6.05. The number of hydrogen-bond acceptors (Lipinski definition) is 3. The lowest BCUT2D eigenvalue weighted by Crippen LogP contribution is -2.23. The van der Waals surface area contributed by atoms with Crippen LogP contribution in [-0.2, 0) is 6.54 Å². The van der Waals surface area contributed by atoms with Crippen molar-refractivity contribution in [1.82, 2.24) is 4.57 Å². The Balaban J connectivity index is 1.87. The van der Waals surface area contributed by atoms with Gasteiger partial charge in [0.25, 0.3) is 11.5 Å². The van der Waals surface area contributed by atoms with Crippen LogP contribution in [0.25, 0.3) is 5.69 Å². The Bertz CT molecular complexity index is 1110. The van der Waals surface area contributed by atoms with Gasteiger partial charge in [-0.25, -0.2) is 8.78 Å². The summed E-state index contributed by atoms with van der Waals surface area (Å²) < 4.78 is 33.3. The van der Waals surface area contributed by atoms with Crippen molar-refractivity contribution in [2.24, 2.45) is 0 Å². The average molecular weight is 368 g/mol. The van der Waals surface area contributed by atoms with Gasteiger partial charge < -0.3 is 9.64 Å². The number of anilines is 1. The lowest BCUT2D eigenvalue weighted by atomic mass is 10.2. The highest BCUT2D eigenvalue weighted by atomic mass is 19.1. The highest BCUT2D eigenvalue weighted by molar-refractivity contribution is 6.09. The molecular formula is C20H14F2N2O3. The number of amides is 1. The Morgan fingerprint density at radius 3 is 2.33 bits per heavy atom.